The molecular formula is C12H16O4. The Hall–Kier alpha value is -1.84. The number of rotatable bonds is 4. The van der Waals surface area contributed by atoms with Gasteiger partial charge in [0, 0.05) is 11.1 Å². The molecule has 1 rings (SSSR count). The van der Waals surface area contributed by atoms with E-state index in [1.807, 2.05) is 6.08 Å². The molecule has 0 fully saturated rings. The predicted molar refractivity (Wildman–Crippen MR) is 60.9 cm³/mol. The van der Waals surface area contributed by atoms with Crippen molar-refractivity contribution in [3.8, 4) is 0 Å². The Labute approximate surface area is 94.9 Å². The summed E-state index contributed by atoms with van der Waals surface area (Å²) in [6, 6.07) is 0. The van der Waals surface area contributed by atoms with E-state index in [2.05, 4.69) is 13.2 Å². The van der Waals surface area contributed by atoms with E-state index in [0.29, 0.717) is 6.61 Å². The van der Waals surface area contributed by atoms with Gasteiger partial charge < -0.3 is 9.84 Å². The van der Waals surface area contributed by atoms with E-state index >= 15 is 0 Å². The summed E-state index contributed by atoms with van der Waals surface area (Å²) in [7, 11) is 0. The van der Waals surface area contributed by atoms with Gasteiger partial charge in [0.25, 0.3) is 0 Å². The third kappa shape index (κ3) is 5.80. The van der Waals surface area contributed by atoms with Gasteiger partial charge in [0.1, 0.15) is 6.61 Å². The van der Waals surface area contributed by atoms with E-state index < -0.39 is 5.97 Å². The van der Waals surface area contributed by atoms with Gasteiger partial charge in [0.15, 0.2) is 0 Å². The lowest BCUT2D eigenvalue weighted by molar-refractivity contribution is -0.138. The maximum absolute atomic E-state index is 10.8. The molecule has 0 aliphatic heterocycles. The average molecular weight is 224 g/mol. The highest BCUT2D eigenvalue weighted by molar-refractivity contribution is 5.89. The van der Waals surface area contributed by atoms with Crippen molar-refractivity contribution < 1.29 is 19.4 Å². The number of hydrogen-bond acceptors (Lipinski definition) is 3. The van der Waals surface area contributed by atoms with Gasteiger partial charge in [-0.05, 0) is 19.8 Å². The second-order valence-electron chi connectivity index (χ2n) is 3.24. The number of esters is 1. The minimum atomic E-state index is -0.935. The predicted octanol–water partition coefficient (Wildman–Crippen LogP) is 2.08. The number of carbonyl (C=O) groups excluding carboxylic acids is 1. The van der Waals surface area contributed by atoms with Crippen LogP contribution >= 0.6 is 0 Å². The minimum Gasteiger partial charge on any atom is -0.478 e. The molecule has 1 aliphatic rings. The zero-order valence-electron chi connectivity index (χ0n) is 9.36. The summed E-state index contributed by atoms with van der Waals surface area (Å²) in [5.41, 5.74) is 0.983. The number of carboxylic acids is 1. The molecule has 4 heteroatoms. The highest BCUT2D eigenvalue weighted by Crippen LogP contribution is 2.18. The summed E-state index contributed by atoms with van der Waals surface area (Å²) in [6.45, 7) is 8.36. The molecule has 0 atom stereocenters. The molecular weight excluding hydrogens is 208 g/mol. The fraction of sp³-hybridized carbons (Fsp3) is 0.333. The van der Waals surface area contributed by atoms with Gasteiger partial charge in [-0.15, -0.1) is 0 Å². The van der Waals surface area contributed by atoms with E-state index in [4.69, 9.17) is 9.84 Å². The molecule has 0 aromatic heterocycles. The fourth-order valence-corrected chi connectivity index (χ4v) is 0.701. The van der Waals surface area contributed by atoms with Gasteiger partial charge in [0.2, 0.25) is 0 Å². The molecule has 4 nitrogen and oxygen atoms in total. The topological polar surface area (TPSA) is 63.6 Å². The van der Waals surface area contributed by atoms with E-state index in [0.717, 1.165) is 18.4 Å². The number of allylic oxidation sites excluding steroid dienone is 1. The Kier molecular flexibility index (Phi) is 6.59. The zero-order chi connectivity index (χ0) is 12.6. The van der Waals surface area contributed by atoms with Gasteiger partial charge in [-0.25, -0.2) is 9.59 Å². The first-order valence-electron chi connectivity index (χ1n) is 4.85. The van der Waals surface area contributed by atoms with Crippen LogP contribution in [0.15, 0.2) is 36.5 Å². The summed E-state index contributed by atoms with van der Waals surface area (Å²) in [4.78, 5) is 20.4. The highest BCUT2D eigenvalue weighted by atomic mass is 16.5. The Morgan fingerprint density at radius 1 is 1.62 bits per heavy atom. The number of aliphatic carboxylic acids is 1. The van der Waals surface area contributed by atoms with E-state index in [1.54, 1.807) is 6.08 Å². The van der Waals surface area contributed by atoms with Gasteiger partial charge in [-0.2, -0.15) is 0 Å². The first kappa shape index (κ1) is 14.2. The maximum atomic E-state index is 10.8. The molecule has 0 bridgehead atoms. The van der Waals surface area contributed by atoms with Crippen LogP contribution in [0.5, 0.6) is 0 Å². The molecule has 88 valence electrons. The van der Waals surface area contributed by atoms with Crippen LogP contribution in [0.2, 0.25) is 0 Å². The second-order valence-corrected chi connectivity index (χ2v) is 3.24. The van der Waals surface area contributed by atoms with Crippen LogP contribution in [0.1, 0.15) is 19.8 Å². The molecule has 0 saturated heterocycles. The normalized spacial score (nSPS) is 12.2. The van der Waals surface area contributed by atoms with Crippen LogP contribution in [-0.2, 0) is 14.3 Å². The van der Waals surface area contributed by atoms with Crippen LogP contribution in [0.25, 0.3) is 0 Å². The van der Waals surface area contributed by atoms with E-state index in [-0.39, 0.29) is 11.5 Å². The number of carboxylic acid groups (broad SMARTS) is 1. The summed E-state index contributed by atoms with van der Waals surface area (Å²) < 4.78 is 4.77. The minimum absolute atomic E-state index is 0.176. The molecule has 0 heterocycles. The molecule has 0 aromatic carbocycles. The fourth-order valence-electron chi connectivity index (χ4n) is 0.701. The van der Waals surface area contributed by atoms with Crippen molar-refractivity contribution in [1.82, 2.24) is 0 Å². The Bertz CT molecular complexity index is 314. The first-order chi connectivity index (χ1) is 7.49. The molecule has 0 spiro atoms. The van der Waals surface area contributed by atoms with Crippen molar-refractivity contribution in [2.24, 2.45) is 0 Å². The van der Waals surface area contributed by atoms with Gasteiger partial charge in [0.05, 0.1) is 0 Å². The van der Waals surface area contributed by atoms with E-state index in [9.17, 15) is 9.59 Å². The lowest BCUT2D eigenvalue weighted by Gasteiger charge is -2.11. The second kappa shape index (κ2) is 7.45. The van der Waals surface area contributed by atoms with Gasteiger partial charge >= 0.3 is 11.9 Å². The van der Waals surface area contributed by atoms with Crippen molar-refractivity contribution in [2.45, 2.75) is 19.8 Å². The van der Waals surface area contributed by atoms with Crippen molar-refractivity contribution >= 4 is 11.9 Å². The molecule has 16 heavy (non-hydrogen) atoms. The molecule has 0 amide bonds. The van der Waals surface area contributed by atoms with Crippen LogP contribution < -0.4 is 0 Å². The Morgan fingerprint density at radius 2 is 2.12 bits per heavy atom. The standard InChI is InChI=1S/C8H10O2.C4H6O2/c1-2-6-10-8(9)7-4-3-5-7;1-3(2)4(5)6/h2,4H,1,3,5-6H2;1H2,2H3,(H,5,6). The molecule has 0 radical (unpaired) electrons. The lowest BCUT2D eigenvalue weighted by Crippen LogP contribution is -2.11. The maximum Gasteiger partial charge on any atom is 0.333 e. The van der Waals surface area contributed by atoms with Crippen molar-refractivity contribution in [3.05, 3.63) is 36.5 Å². The van der Waals surface area contributed by atoms with Crippen LogP contribution in [0.3, 0.4) is 0 Å². The largest absolute Gasteiger partial charge is 0.478 e. The molecule has 1 aliphatic carbocycles. The molecule has 0 saturated carbocycles. The highest BCUT2D eigenvalue weighted by Gasteiger charge is 2.14. The summed E-state index contributed by atoms with van der Waals surface area (Å²) in [6.07, 6.45) is 5.34. The van der Waals surface area contributed by atoms with Crippen LogP contribution in [-0.4, -0.2) is 23.7 Å². The van der Waals surface area contributed by atoms with Crippen molar-refractivity contribution in [3.63, 3.8) is 0 Å². The van der Waals surface area contributed by atoms with Crippen molar-refractivity contribution in [1.29, 1.82) is 0 Å². The van der Waals surface area contributed by atoms with Gasteiger partial charge in [-0.1, -0.05) is 25.3 Å². The number of hydrogen-bond donors (Lipinski definition) is 1. The average Bonchev–Trinajstić information content (AvgIpc) is 2.12. The van der Waals surface area contributed by atoms with Crippen molar-refractivity contribution in [2.75, 3.05) is 6.61 Å². The third-order valence-electron chi connectivity index (χ3n) is 1.76. The third-order valence-corrected chi connectivity index (χ3v) is 1.76. The summed E-state index contributed by atoms with van der Waals surface area (Å²) in [5, 5.41) is 7.89. The molecule has 0 aromatic rings. The lowest BCUT2D eigenvalue weighted by atomic mass is 10.00. The monoisotopic (exact) mass is 224 g/mol. The van der Waals surface area contributed by atoms with Gasteiger partial charge in [-0.3, -0.25) is 0 Å². The van der Waals surface area contributed by atoms with Crippen LogP contribution in [0, 0.1) is 0 Å². The first-order valence-corrected chi connectivity index (χ1v) is 4.85. The quantitative estimate of drug-likeness (QED) is 0.451. The Morgan fingerprint density at radius 3 is 2.38 bits per heavy atom. The number of ether oxygens (including phenoxy) is 1. The Balaban J connectivity index is 0.000000325. The smallest absolute Gasteiger partial charge is 0.333 e. The SMILES string of the molecule is C=C(C)C(=O)O.C=CCOC(=O)C1=CCC1. The zero-order valence-corrected chi connectivity index (χ0v) is 9.36. The van der Waals surface area contributed by atoms with Crippen LogP contribution in [0.4, 0.5) is 0 Å². The summed E-state index contributed by atoms with van der Waals surface area (Å²) in [5.74, 6) is -1.12. The van der Waals surface area contributed by atoms with E-state index in [1.165, 1.54) is 6.92 Å². The number of carbonyl (C=O) groups is 2. The summed E-state index contributed by atoms with van der Waals surface area (Å²) >= 11 is 0. The molecule has 1 N–H and O–H groups in total. The molecule has 0 unspecified atom stereocenters.